The van der Waals surface area contributed by atoms with Crippen LogP contribution in [-0.2, 0) is 12.7 Å². The lowest BCUT2D eigenvalue weighted by molar-refractivity contribution is -0.137. The molecule has 7 nitrogen and oxygen atoms in total. The molecular weight excluding hydrogens is 445 g/mol. The SMILES string of the molecule is O=c1c(Cl)c(NCc2ccnc(N3CCCCC3)c2)cnn1-c1ccc(C(F)(F)F)cn1. The second-order valence-corrected chi connectivity index (χ2v) is 7.79. The normalized spacial score (nSPS) is 14.4. The monoisotopic (exact) mass is 464 g/mol. The van der Waals surface area contributed by atoms with Crippen LogP contribution in [0.4, 0.5) is 24.7 Å². The van der Waals surface area contributed by atoms with Crippen LogP contribution in [-0.4, -0.2) is 32.8 Å². The summed E-state index contributed by atoms with van der Waals surface area (Å²) >= 11 is 6.21. The highest BCUT2D eigenvalue weighted by molar-refractivity contribution is 6.32. The Morgan fingerprint density at radius 2 is 1.81 bits per heavy atom. The number of piperidine rings is 1. The van der Waals surface area contributed by atoms with Crippen LogP contribution in [0, 0.1) is 0 Å². The average molecular weight is 465 g/mol. The van der Waals surface area contributed by atoms with E-state index in [1.807, 2.05) is 12.1 Å². The van der Waals surface area contributed by atoms with Crippen LogP contribution in [0.15, 0.2) is 47.7 Å². The first-order valence-corrected chi connectivity index (χ1v) is 10.5. The van der Waals surface area contributed by atoms with Gasteiger partial charge in [0.2, 0.25) is 0 Å². The van der Waals surface area contributed by atoms with Gasteiger partial charge in [-0.15, -0.1) is 0 Å². The standard InChI is InChI=1S/C21H20ClF3N6O/c22-19-16(27-11-14-6-7-26-18(10-14)30-8-2-1-3-9-30)13-29-31(20(19)32)17-5-4-15(12-28-17)21(23,24)25/h4-7,10,12-13,27H,1-3,8-9,11H2. The first kappa shape index (κ1) is 22.1. The lowest BCUT2D eigenvalue weighted by Gasteiger charge is -2.28. The molecule has 0 radical (unpaired) electrons. The zero-order valence-corrected chi connectivity index (χ0v) is 17.7. The highest BCUT2D eigenvalue weighted by Crippen LogP contribution is 2.28. The van der Waals surface area contributed by atoms with Crippen molar-refractivity contribution < 1.29 is 13.2 Å². The molecule has 0 amide bonds. The Hall–Kier alpha value is -3.14. The van der Waals surface area contributed by atoms with Crippen molar-refractivity contribution in [2.24, 2.45) is 0 Å². The molecule has 1 saturated heterocycles. The summed E-state index contributed by atoms with van der Waals surface area (Å²) in [6.07, 6.45) is 2.75. The Labute approximate surface area is 186 Å². The van der Waals surface area contributed by atoms with Crippen LogP contribution in [0.2, 0.25) is 5.02 Å². The van der Waals surface area contributed by atoms with Crippen LogP contribution in [0.5, 0.6) is 0 Å². The van der Waals surface area contributed by atoms with Gasteiger partial charge in [-0.05, 0) is 49.1 Å². The van der Waals surface area contributed by atoms with Crippen molar-refractivity contribution in [2.45, 2.75) is 32.0 Å². The molecule has 0 bridgehead atoms. The third kappa shape index (κ3) is 4.85. The van der Waals surface area contributed by atoms with E-state index in [-0.39, 0.29) is 10.8 Å². The molecular formula is C21H20ClF3N6O. The Morgan fingerprint density at radius 1 is 1.03 bits per heavy atom. The number of anilines is 2. The van der Waals surface area contributed by atoms with Crippen molar-refractivity contribution in [3.05, 3.63) is 69.4 Å². The summed E-state index contributed by atoms with van der Waals surface area (Å²) in [5.74, 6) is 0.855. The minimum atomic E-state index is -4.52. The molecule has 0 saturated carbocycles. The van der Waals surface area contributed by atoms with Gasteiger partial charge in [0.1, 0.15) is 10.8 Å². The lowest BCUT2D eigenvalue weighted by atomic mass is 10.1. The van der Waals surface area contributed by atoms with E-state index >= 15 is 0 Å². The summed E-state index contributed by atoms with van der Waals surface area (Å²) in [6, 6.07) is 5.77. The molecule has 3 aromatic rings. The maximum absolute atomic E-state index is 12.7. The Bertz CT molecular complexity index is 1140. The smallest absolute Gasteiger partial charge is 0.378 e. The van der Waals surface area contributed by atoms with E-state index in [1.165, 1.54) is 12.6 Å². The molecule has 0 aliphatic carbocycles. The van der Waals surface area contributed by atoms with Gasteiger partial charge < -0.3 is 10.2 Å². The fraction of sp³-hybridized carbons (Fsp3) is 0.333. The molecule has 0 aromatic carbocycles. The Balaban J connectivity index is 1.49. The number of pyridine rings is 2. The first-order chi connectivity index (χ1) is 15.3. The first-order valence-electron chi connectivity index (χ1n) is 10.1. The van der Waals surface area contributed by atoms with E-state index in [1.54, 1.807) is 6.20 Å². The van der Waals surface area contributed by atoms with Gasteiger partial charge in [0.05, 0.1) is 17.4 Å². The summed E-state index contributed by atoms with van der Waals surface area (Å²) in [7, 11) is 0. The molecule has 1 N–H and O–H groups in total. The number of hydrogen-bond donors (Lipinski definition) is 1. The quantitative estimate of drug-likeness (QED) is 0.607. The second-order valence-electron chi connectivity index (χ2n) is 7.42. The summed E-state index contributed by atoms with van der Waals surface area (Å²) in [6.45, 7) is 2.36. The highest BCUT2D eigenvalue weighted by Gasteiger charge is 2.30. The molecule has 0 atom stereocenters. The number of halogens is 4. The van der Waals surface area contributed by atoms with Crippen molar-refractivity contribution in [2.75, 3.05) is 23.3 Å². The highest BCUT2D eigenvalue weighted by atomic mass is 35.5. The van der Waals surface area contributed by atoms with Gasteiger partial charge in [0, 0.05) is 32.0 Å². The van der Waals surface area contributed by atoms with Crippen molar-refractivity contribution in [3.63, 3.8) is 0 Å². The predicted molar refractivity (Wildman–Crippen MR) is 115 cm³/mol. The second kappa shape index (κ2) is 9.15. The minimum Gasteiger partial charge on any atom is -0.378 e. The fourth-order valence-electron chi connectivity index (χ4n) is 3.46. The van der Waals surface area contributed by atoms with Crippen LogP contribution < -0.4 is 15.8 Å². The predicted octanol–water partition coefficient (Wildman–Crippen LogP) is 4.30. The van der Waals surface area contributed by atoms with Gasteiger partial charge in [-0.2, -0.15) is 23.0 Å². The molecule has 32 heavy (non-hydrogen) atoms. The molecule has 1 fully saturated rings. The van der Waals surface area contributed by atoms with E-state index in [2.05, 4.69) is 25.3 Å². The number of nitrogens with zero attached hydrogens (tertiary/aromatic N) is 5. The summed E-state index contributed by atoms with van der Waals surface area (Å²) in [4.78, 5) is 23.0. The van der Waals surface area contributed by atoms with Gasteiger partial charge in [-0.3, -0.25) is 4.79 Å². The van der Waals surface area contributed by atoms with Gasteiger partial charge in [-0.1, -0.05) is 11.6 Å². The van der Waals surface area contributed by atoms with E-state index < -0.39 is 17.3 Å². The number of aromatic nitrogens is 4. The van der Waals surface area contributed by atoms with Crippen molar-refractivity contribution in [1.82, 2.24) is 19.7 Å². The van der Waals surface area contributed by atoms with Crippen molar-refractivity contribution >= 4 is 23.1 Å². The number of alkyl halides is 3. The molecule has 1 aliphatic rings. The number of nitrogens with one attached hydrogen (secondary N) is 1. The number of hydrogen-bond acceptors (Lipinski definition) is 6. The maximum Gasteiger partial charge on any atom is 0.417 e. The lowest BCUT2D eigenvalue weighted by Crippen LogP contribution is -2.30. The molecule has 0 unspecified atom stereocenters. The van der Waals surface area contributed by atoms with Crippen molar-refractivity contribution in [1.29, 1.82) is 0 Å². The van der Waals surface area contributed by atoms with Gasteiger partial charge >= 0.3 is 6.18 Å². The summed E-state index contributed by atoms with van der Waals surface area (Å²) in [5.41, 5.74) is -0.325. The molecule has 11 heteroatoms. The zero-order valence-electron chi connectivity index (χ0n) is 16.9. The van der Waals surface area contributed by atoms with Crippen molar-refractivity contribution in [3.8, 4) is 5.82 Å². The fourth-order valence-corrected chi connectivity index (χ4v) is 3.66. The third-order valence-corrected chi connectivity index (χ3v) is 5.55. The van der Waals surface area contributed by atoms with Gasteiger partial charge in [0.15, 0.2) is 5.82 Å². The van der Waals surface area contributed by atoms with E-state index in [0.29, 0.717) is 18.4 Å². The molecule has 0 spiro atoms. The summed E-state index contributed by atoms with van der Waals surface area (Å²) < 4.78 is 39.0. The molecule has 1 aliphatic heterocycles. The average Bonchev–Trinajstić information content (AvgIpc) is 2.80. The number of rotatable bonds is 5. The van der Waals surface area contributed by atoms with Crippen LogP contribution in [0.1, 0.15) is 30.4 Å². The minimum absolute atomic E-state index is 0.0586. The maximum atomic E-state index is 12.7. The zero-order chi connectivity index (χ0) is 22.7. The summed E-state index contributed by atoms with van der Waals surface area (Å²) in [5, 5.41) is 6.95. The van der Waals surface area contributed by atoms with Gasteiger partial charge in [0.25, 0.3) is 5.56 Å². The van der Waals surface area contributed by atoms with Gasteiger partial charge in [-0.25, -0.2) is 9.97 Å². The van der Waals surface area contributed by atoms with Crippen LogP contribution >= 0.6 is 11.6 Å². The molecule has 4 rings (SSSR count). The molecule has 4 heterocycles. The largest absolute Gasteiger partial charge is 0.417 e. The third-order valence-electron chi connectivity index (χ3n) is 5.18. The van der Waals surface area contributed by atoms with E-state index in [4.69, 9.17) is 11.6 Å². The Kier molecular flexibility index (Phi) is 6.31. The van der Waals surface area contributed by atoms with E-state index in [0.717, 1.165) is 54.1 Å². The van der Waals surface area contributed by atoms with Crippen LogP contribution in [0.25, 0.3) is 5.82 Å². The molecule has 3 aromatic heterocycles. The Morgan fingerprint density at radius 3 is 2.50 bits per heavy atom. The van der Waals surface area contributed by atoms with E-state index in [9.17, 15) is 18.0 Å². The van der Waals surface area contributed by atoms with Crippen LogP contribution in [0.3, 0.4) is 0 Å². The molecule has 168 valence electrons. The topological polar surface area (TPSA) is 75.9 Å².